The number of nitrogens with zero attached hydrogens (tertiary/aromatic N) is 4. The van der Waals surface area contributed by atoms with Crippen LogP contribution in [0.2, 0.25) is 15.1 Å². The van der Waals surface area contributed by atoms with E-state index in [-0.39, 0.29) is 12.8 Å². The second-order valence-corrected chi connectivity index (χ2v) is 15.4. The first-order valence-corrected chi connectivity index (χ1v) is 20.8. The van der Waals surface area contributed by atoms with Crippen LogP contribution < -0.4 is 14.4 Å². The quantitative estimate of drug-likeness (QED) is 0.0694. The van der Waals surface area contributed by atoms with Crippen molar-refractivity contribution >= 4 is 75.2 Å². The number of anilines is 2. The van der Waals surface area contributed by atoms with Crippen molar-refractivity contribution < 1.29 is 24.4 Å². The van der Waals surface area contributed by atoms with E-state index in [4.69, 9.17) is 34.8 Å². The number of carbonyl (C=O) groups is 2. The smallest absolute Gasteiger partial charge is 0.303 e. The van der Waals surface area contributed by atoms with Gasteiger partial charge >= 0.3 is 11.9 Å². The van der Waals surface area contributed by atoms with Crippen LogP contribution in [0.4, 0.5) is 11.4 Å². The first-order valence-electron chi connectivity index (χ1n) is 19.7. The molecule has 3 aromatic rings. The maximum Gasteiger partial charge on any atom is 0.303 e. The normalized spacial score (nSPS) is 13.7. The molecule has 0 aliphatic carbocycles. The molecule has 290 valence electrons. The van der Waals surface area contributed by atoms with Crippen LogP contribution >= 0.6 is 34.8 Å². The van der Waals surface area contributed by atoms with E-state index in [2.05, 4.69) is 57.1 Å². The first-order chi connectivity index (χ1) is 25.6. The molecule has 0 atom stereocenters. The van der Waals surface area contributed by atoms with Crippen LogP contribution in [0.5, 0.6) is 0 Å². The summed E-state index contributed by atoms with van der Waals surface area (Å²) in [6.45, 7) is 9.12. The van der Waals surface area contributed by atoms with Crippen molar-refractivity contribution in [2.24, 2.45) is 0 Å². The topological polar surface area (TPSA) is 89.9 Å². The molecular formula is C42H58Cl3N4O4+. The highest BCUT2D eigenvalue weighted by Crippen LogP contribution is 2.46. The van der Waals surface area contributed by atoms with Gasteiger partial charge in [-0.15, -0.1) is 0 Å². The lowest BCUT2D eigenvalue weighted by atomic mass is 10.1. The molecule has 0 spiro atoms. The highest BCUT2D eigenvalue weighted by molar-refractivity contribution is 6.42. The Hall–Kier alpha value is -3.20. The SMILES string of the molecule is CCCCCCCCN1/C(=C\C=C\c2n(CCCC(=O)O)c3cc(C)c(Cl)cc3[n+]2CCCCCCCC)N(CCCC(=O)O)c2cc(Cl)c(Cl)cc21. The molecule has 0 saturated carbocycles. The molecule has 0 amide bonds. The van der Waals surface area contributed by atoms with Gasteiger partial charge in [-0.25, -0.2) is 9.13 Å². The van der Waals surface area contributed by atoms with Crippen molar-refractivity contribution in [1.29, 1.82) is 0 Å². The van der Waals surface area contributed by atoms with E-state index < -0.39 is 11.9 Å². The molecule has 4 rings (SSSR count). The zero-order valence-corrected chi connectivity index (χ0v) is 34.1. The Balaban J connectivity index is 1.78. The molecule has 2 aromatic carbocycles. The summed E-state index contributed by atoms with van der Waals surface area (Å²) in [6, 6.07) is 7.96. The molecule has 0 bridgehead atoms. The van der Waals surface area contributed by atoms with Crippen molar-refractivity contribution in [3.63, 3.8) is 0 Å². The van der Waals surface area contributed by atoms with Crippen molar-refractivity contribution in [2.45, 2.75) is 137 Å². The van der Waals surface area contributed by atoms with E-state index in [1.54, 1.807) is 0 Å². The molecule has 1 aliphatic heterocycles. The number of imidazole rings is 1. The number of carboxylic acids is 2. The van der Waals surface area contributed by atoms with Crippen LogP contribution in [0.25, 0.3) is 17.1 Å². The van der Waals surface area contributed by atoms with E-state index in [1.807, 2.05) is 25.1 Å². The van der Waals surface area contributed by atoms with Gasteiger partial charge in [0.1, 0.15) is 5.82 Å². The van der Waals surface area contributed by atoms with Crippen LogP contribution in [0.15, 0.2) is 42.2 Å². The summed E-state index contributed by atoms with van der Waals surface area (Å²) in [5.74, 6) is 0.299. The van der Waals surface area contributed by atoms with Gasteiger partial charge in [0.15, 0.2) is 11.0 Å². The van der Waals surface area contributed by atoms with Gasteiger partial charge < -0.3 is 20.0 Å². The molecule has 0 unspecified atom stereocenters. The molecule has 2 heterocycles. The van der Waals surface area contributed by atoms with E-state index in [9.17, 15) is 19.8 Å². The fourth-order valence-electron chi connectivity index (χ4n) is 7.23. The average molecular weight is 789 g/mol. The molecule has 53 heavy (non-hydrogen) atoms. The lowest BCUT2D eigenvalue weighted by Crippen LogP contribution is -2.36. The van der Waals surface area contributed by atoms with E-state index in [0.29, 0.717) is 41.0 Å². The summed E-state index contributed by atoms with van der Waals surface area (Å²) in [4.78, 5) is 27.5. The number of aromatic nitrogens is 2. The van der Waals surface area contributed by atoms with Crippen molar-refractivity contribution in [3.8, 4) is 0 Å². The lowest BCUT2D eigenvalue weighted by Gasteiger charge is -2.25. The number of hydrogen-bond donors (Lipinski definition) is 2. The fourth-order valence-corrected chi connectivity index (χ4v) is 7.70. The molecule has 0 saturated heterocycles. The van der Waals surface area contributed by atoms with E-state index in [1.165, 1.54) is 51.4 Å². The summed E-state index contributed by atoms with van der Waals surface area (Å²) in [7, 11) is 0. The zero-order valence-electron chi connectivity index (χ0n) is 31.8. The second kappa shape index (κ2) is 21.6. The molecule has 0 radical (unpaired) electrons. The lowest BCUT2D eigenvalue weighted by molar-refractivity contribution is -0.674. The predicted octanol–water partition coefficient (Wildman–Crippen LogP) is 11.8. The molecule has 1 aliphatic rings. The van der Waals surface area contributed by atoms with Crippen molar-refractivity contribution in [2.75, 3.05) is 22.9 Å². The number of carboxylic acid groups (broad SMARTS) is 2. The van der Waals surface area contributed by atoms with Crippen LogP contribution in [-0.2, 0) is 22.7 Å². The van der Waals surface area contributed by atoms with Crippen LogP contribution in [-0.4, -0.2) is 39.8 Å². The third-order valence-corrected chi connectivity index (χ3v) is 11.2. The predicted molar refractivity (Wildman–Crippen MR) is 221 cm³/mol. The van der Waals surface area contributed by atoms with Gasteiger partial charge in [0.2, 0.25) is 0 Å². The number of aryl methyl sites for hydroxylation is 3. The third-order valence-electron chi connectivity index (χ3n) is 10.0. The van der Waals surface area contributed by atoms with Crippen LogP contribution in [0, 0.1) is 6.92 Å². The van der Waals surface area contributed by atoms with E-state index >= 15 is 0 Å². The van der Waals surface area contributed by atoms with E-state index in [0.717, 1.165) is 78.4 Å². The third kappa shape index (κ3) is 11.9. The number of benzene rings is 2. The van der Waals surface area contributed by atoms with Gasteiger partial charge in [-0.3, -0.25) is 9.59 Å². The zero-order chi connectivity index (χ0) is 38.3. The van der Waals surface area contributed by atoms with Gasteiger partial charge in [-0.05, 0) is 68.9 Å². The highest BCUT2D eigenvalue weighted by Gasteiger charge is 2.32. The Morgan fingerprint density at radius 3 is 1.79 bits per heavy atom. The monoisotopic (exact) mass is 787 g/mol. The summed E-state index contributed by atoms with van der Waals surface area (Å²) >= 11 is 19.9. The van der Waals surface area contributed by atoms with Crippen LogP contribution in [0.3, 0.4) is 0 Å². The number of allylic oxidation sites excluding steroid dienone is 2. The standard InChI is InChI=1S/C42H57Cl3N4O4/c1-4-6-8-10-12-14-23-46-36-28-32(43)31(3)27-35(36)48(25-17-21-41(50)51)39(46)19-16-20-40-47(24-15-13-11-9-7-5-2)37-29-33(44)34(45)30-38(37)49(40)26-18-22-42(52)53/h16,19-20,27-30H,4-15,17-18,21-26H2,1-3H3,(H-,50,51,52,53)/p+1. The maximum absolute atomic E-state index is 11.5. The minimum absolute atomic E-state index is 0.0601. The molecule has 11 heteroatoms. The average Bonchev–Trinajstić information content (AvgIpc) is 3.54. The van der Waals surface area contributed by atoms with Crippen LogP contribution in [0.1, 0.15) is 128 Å². The molecule has 1 aromatic heterocycles. The Bertz CT molecular complexity index is 1750. The van der Waals surface area contributed by atoms with Gasteiger partial charge in [0, 0.05) is 43.1 Å². The Morgan fingerprint density at radius 2 is 1.21 bits per heavy atom. The molecule has 2 N–H and O–H groups in total. The van der Waals surface area contributed by atoms with Gasteiger partial charge in [-0.2, -0.15) is 0 Å². The Labute approximate surface area is 331 Å². The maximum atomic E-state index is 11.5. The van der Waals surface area contributed by atoms with Crippen molar-refractivity contribution in [1.82, 2.24) is 4.57 Å². The van der Waals surface area contributed by atoms with Crippen molar-refractivity contribution in [3.05, 3.63) is 68.7 Å². The fraction of sp³-hybridized carbons (Fsp3) is 0.548. The highest BCUT2D eigenvalue weighted by atomic mass is 35.5. The summed E-state index contributed by atoms with van der Waals surface area (Å²) < 4.78 is 4.56. The Kier molecular flexibility index (Phi) is 17.4. The summed E-state index contributed by atoms with van der Waals surface area (Å²) in [5.41, 5.74) is 4.93. The minimum atomic E-state index is -0.825. The number of fused-ring (bicyclic) bond motifs is 2. The number of aliphatic carboxylic acids is 2. The molecule has 0 fully saturated rings. The van der Waals surface area contributed by atoms with Gasteiger partial charge in [0.05, 0.1) is 34.5 Å². The summed E-state index contributed by atoms with van der Waals surface area (Å²) in [6.07, 6.45) is 21.4. The number of rotatable bonds is 24. The number of unbranched alkanes of at least 4 members (excludes halogenated alkanes) is 10. The number of halogens is 3. The Morgan fingerprint density at radius 1 is 0.679 bits per heavy atom. The van der Waals surface area contributed by atoms with Gasteiger partial charge in [0.25, 0.3) is 5.82 Å². The first kappa shape index (κ1) is 42.5. The number of hydrogen-bond acceptors (Lipinski definition) is 4. The molecule has 8 nitrogen and oxygen atoms in total. The van der Waals surface area contributed by atoms with Gasteiger partial charge in [-0.1, -0.05) is 113 Å². The second-order valence-electron chi connectivity index (χ2n) is 14.2. The minimum Gasteiger partial charge on any atom is -0.481 e. The largest absolute Gasteiger partial charge is 0.481 e. The molecular weight excluding hydrogens is 731 g/mol. The summed E-state index contributed by atoms with van der Waals surface area (Å²) in [5, 5.41) is 20.6.